The fourth-order valence-corrected chi connectivity index (χ4v) is 4.48. The molecular weight excluding hydrogens is 300 g/mol. The second-order valence-corrected chi connectivity index (χ2v) is 6.98. The average molecular weight is 314 g/mol. The van der Waals surface area contributed by atoms with Gasteiger partial charge in [0.2, 0.25) is 10.0 Å². The van der Waals surface area contributed by atoms with E-state index in [4.69, 9.17) is 5.11 Å². The Balaban J connectivity index is 2.27. The summed E-state index contributed by atoms with van der Waals surface area (Å²) in [5.74, 6) is -1.23. The van der Waals surface area contributed by atoms with Crippen LogP contribution in [-0.4, -0.2) is 24.1 Å². The number of nitrogens with one attached hydrogen (secondary N) is 1. The van der Waals surface area contributed by atoms with Gasteiger partial charge in [0.15, 0.2) is 0 Å². The summed E-state index contributed by atoms with van der Waals surface area (Å²) in [5, 5.41) is 10.6. The minimum absolute atomic E-state index is 0.123. The third-order valence-electron chi connectivity index (χ3n) is 2.74. The summed E-state index contributed by atoms with van der Waals surface area (Å²) in [5.41, 5.74) is 1.24. The molecule has 2 rings (SSSR count). The van der Waals surface area contributed by atoms with E-state index in [1.54, 1.807) is 19.2 Å². The largest absolute Gasteiger partial charge is 0.477 e. The number of thiophene rings is 1. The quantitative estimate of drug-likeness (QED) is 0.877. The number of rotatable bonds is 5. The van der Waals surface area contributed by atoms with E-state index in [-0.39, 0.29) is 16.3 Å². The number of aryl methyl sites for hydroxylation is 2. The van der Waals surface area contributed by atoms with Crippen molar-refractivity contribution in [3.8, 4) is 0 Å². The van der Waals surface area contributed by atoms with E-state index in [1.807, 2.05) is 17.8 Å². The van der Waals surface area contributed by atoms with Gasteiger partial charge >= 0.3 is 5.97 Å². The molecule has 0 aliphatic rings. The Bertz CT molecular complexity index is 743. The van der Waals surface area contributed by atoms with Crippen LogP contribution in [0.2, 0.25) is 0 Å². The lowest BCUT2D eigenvalue weighted by atomic mass is 10.3. The topological polar surface area (TPSA) is 88.4 Å². The van der Waals surface area contributed by atoms with E-state index in [9.17, 15) is 13.2 Å². The molecular formula is C12H14N2O4S2. The Labute approximate surface area is 120 Å². The van der Waals surface area contributed by atoms with Gasteiger partial charge in [-0.3, -0.25) is 0 Å². The molecule has 0 aromatic carbocycles. The van der Waals surface area contributed by atoms with Gasteiger partial charge in [-0.1, -0.05) is 0 Å². The molecule has 0 aliphatic heterocycles. The molecule has 2 heterocycles. The molecule has 6 nitrogen and oxygen atoms in total. The molecule has 0 spiro atoms. The molecule has 8 heteroatoms. The van der Waals surface area contributed by atoms with Crippen LogP contribution in [0.15, 0.2) is 28.7 Å². The lowest BCUT2D eigenvalue weighted by Crippen LogP contribution is -2.24. The minimum Gasteiger partial charge on any atom is -0.477 e. The molecule has 0 saturated carbocycles. The number of aromatic carboxylic acids is 1. The monoisotopic (exact) mass is 314 g/mol. The third kappa shape index (κ3) is 2.92. The molecule has 0 atom stereocenters. The predicted octanol–water partition coefficient (Wildman–Crippen LogP) is 1.57. The van der Waals surface area contributed by atoms with Crippen LogP contribution in [0.5, 0.6) is 0 Å². The van der Waals surface area contributed by atoms with Gasteiger partial charge in [0.1, 0.15) is 9.77 Å². The van der Waals surface area contributed by atoms with Crippen LogP contribution in [0.1, 0.15) is 20.8 Å². The Morgan fingerprint density at radius 2 is 2.20 bits per heavy atom. The highest BCUT2D eigenvalue weighted by Crippen LogP contribution is 2.26. The van der Waals surface area contributed by atoms with Crippen LogP contribution in [0.25, 0.3) is 0 Å². The van der Waals surface area contributed by atoms with Gasteiger partial charge in [-0.25, -0.2) is 17.9 Å². The molecule has 108 valence electrons. The standard InChI is InChI=1S/C12H14N2O4S2/c1-8-7-19-10(12(15)16)11(8)20(17,18)13-5-9-3-4-14(2)6-9/h3-4,6-7,13H,5H2,1-2H3,(H,15,16). The van der Waals surface area contributed by atoms with Gasteiger partial charge in [0, 0.05) is 26.0 Å². The predicted molar refractivity (Wildman–Crippen MR) is 75.5 cm³/mol. The van der Waals surface area contributed by atoms with Crippen LogP contribution in [0.3, 0.4) is 0 Å². The molecule has 20 heavy (non-hydrogen) atoms. The summed E-state index contributed by atoms with van der Waals surface area (Å²) in [6.07, 6.45) is 3.60. The van der Waals surface area contributed by atoms with Crippen molar-refractivity contribution in [1.82, 2.24) is 9.29 Å². The maximum atomic E-state index is 12.2. The van der Waals surface area contributed by atoms with Gasteiger partial charge in [-0.15, -0.1) is 11.3 Å². The highest BCUT2D eigenvalue weighted by Gasteiger charge is 2.26. The van der Waals surface area contributed by atoms with Crippen LogP contribution >= 0.6 is 11.3 Å². The third-order valence-corrected chi connectivity index (χ3v) is 5.54. The van der Waals surface area contributed by atoms with Crippen molar-refractivity contribution in [2.75, 3.05) is 0 Å². The zero-order chi connectivity index (χ0) is 14.9. The van der Waals surface area contributed by atoms with Crippen LogP contribution in [0.4, 0.5) is 0 Å². The first kappa shape index (κ1) is 14.8. The molecule has 0 aliphatic carbocycles. The highest BCUT2D eigenvalue weighted by molar-refractivity contribution is 7.89. The number of hydrogen-bond donors (Lipinski definition) is 2. The molecule has 2 aromatic rings. The van der Waals surface area contributed by atoms with Crippen LogP contribution < -0.4 is 4.72 Å². The summed E-state index contributed by atoms with van der Waals surface area (Å²) in [6.45, 7) is 1.71. The first-order valence-corrected chi connectivity index (χ1v) is 8.09. The molecule has 2 aromatic heterocycles. The summed E-state index contributed by atoms with van der Waals surface area (Å²) in [6, 6.07) is 1.79. The van der Waals surface area contributed by atoms with E-state index in [1.165, 1.54) is 5.38 Å². The van der Waals surface area contributed by atoms with Gasteiger partial charge < -0.3 is 9.67 Å². The van der Waals surface area contributed by atoms with E-state index in [0.717, 1.165) is 16.9 Å². The molecule has 0 fully saturated rings. The maximum Gasteiger partial charge on any atom is 0.347 e. The highest BCUT2D eigenvalue weighted by atomic mass is 32.2. The van der Waals surface area contributed by atoms with Crippen LogP contribution in [0, 0.1) is 6.92 Å². The van der Waals surface area contributed by atoms with Crippen molar-refractivity contribution in [3.05, 3.63) is 39.8 Å². The second-order valence-electron chi connectivity index (χ2n) is 4.39. The number of aromatic nitrogens is 1. The first-order chi connectivity index (χ1) is 9.31. The zero-order valence-corrected chi connectivity index (χ0v) is 12.6. The molecule has 0 unspecified atom stereocenters. The van der Waals surface area contributed by atoms with Crippen molar-refractivity contribution in [3.63, 3.8) is 0 Å². The normalized spacial score (nSPS) is 11.7. The average Bonchev–Trinajstić information content (AvgIpc) is 2.93. The van der Waals surface area contributed by atoms with Gasteiger partial charge in [0.05, 0.1) is 0 Å². The van der Waals surface area contributed by atoms with Gasteiger partial charge in [-0.2, -0.15) is 0 Å². The van der Waals surface area contributed by atoms with Crippen molar-refractivity contribution in [2.24, 2.45) is 7.05 Å². The maximum absolute atomic E-state index is 12.2. The summed E-state index contributed by atoms with van der Waals surface area (Å²) < 4.78 is 28.7. The molecule has 0 amide bonds. The number of sulfonamides is 1. The Kier molecular flexibility index (Phi) is 3.98. The fourth-order valence-electron chi connectivity index (χ4n) is 1.83. The summed E-state index contributed by atoms with van der Waals surface area (Å²) in [4.78, 5) is 10.8. The Morgan fingerprint density at radius 3 is 2.75 bits per heavy atom. The van der Waals surface area contributed by atoms with Gasteiger partial charge in [0.25, 0.3) is 0 Å². The van der Waals surface area contributed by atoms with E-state index in [2.05, 4.69) is 4.72 Å². The first-order valence-electron chi connectivity index (χ1n) is 5.73. The van der Waals surface area contributed by atoms with E-state index < -0.39 is 16.0 Å². The minimum atomic E-state index is -3.84. The Hall–Kier alpha value is -1.64. The number of carboxylic acids is 1. The summed E-state index contributed by atoms with van der Waals surface area (Å²) in [7, 11) is -2.01. The zero-order valence-electron chi connectivity index (χ0n) is 11.0. The van der Waals surface area contributed by atoms with Crippen molar-refractivity contribution >= 4 is 27.3 Å². The number of carbonyl (C=O) groups is 1. The van der Waals surface area contributed by atoms with E-state index >= 15 is 0 Å². The SMILES string of the molecule is Cc1csc(C(=O)O)c1S(=O)(=O)NCc1ccn(C)c1. The molecule has 2 N–H and O–H groups in total. The fraction of sp³-hybridized carbons (Fsp3) is 0.250. The van der Waals surface area contributed by atoms with Crippen LogP contribution in [-0.2, 0) is 23.6 Å². The lowest BCUT2D eigenvalue weighted by molar-refractivity contribution is 0.0698. The molecule has 0 radical (unpaired) electrons. The number of hydrogen-bond acceptors (Lipinski definition) is 4. The number of carboxylic acid groups (broad SMARTS) is 1. The van der Waals surface area contributed by atoms with E-state index in [0.29, 0.717) is 5.56 Å². The Morgan fingerprint density at radius 1 is 1.50 bits per heavy atom. The van der Waals surface area contributed by atoms with Crippen molar-refractivity contribution in [1.29, 1.82) is 0 Å². The molecule has 0 saturated heterocycles. The summed E-state index contributed by atoms with van der Waals surface area (Å²) >= 11 is 0.914. The van der Waals surface area contributed by atoms with Gasteiger partial charge in [-0.05, 0) is 29.5 Å². The smallest absolute Gasteiger partial charge is 0.347 e. The van der Waals surface area contributed by atoms with Crippen molar-refractivity contribution in [2.45, 2.75) is 18.4 Å². The second kappa shape index (κ2) is 5.39. The lowest BCUT2D eigenvalue weighted by Gasteiger charge is -2.06. The van der Waals surface area contributed by atoms with Crippen molar-refractivity contribution < 1.29 is 18.3 Å². The molecule has 0 bridgehead atoms. The number of nitrogens with zero attached hydrogens (tertiary/aromatic N) is 1.